The van der Waals surface area contributed by atoms with E-state index in [1.807, 2.05) is 18.3 Å². The Kier molecular flexibility index (Phi) is 4.81. The third-order valence-corrected chi connectivity index (χ3v) is 3.49. The van der Waals surface area contributed by atoms with Gasteiger partial charge < -0.3 is 14.8 Å². The van der Waals surface area contributed by atoms with Gasteiger partial charge in [-0.15, -0.1) is 0 Å². The molecule has 4 heteroatoms. The Hall–Kier alpha value is -1.29. The van der Waals surface area contributed by atoms with Crippen molar-refractivity contribution < 1.29 is 9.47 Å². The van der Waals surface area contributed by atoms with Crippen molar-refractivity contribution in [2.24, 2.45) is 5.92 Å². The number of methoxy groups -OCH3 is 1. The number of hydrogen-bond donors (Lipinski definition) is 1. The van der Waals surface area contributed by atoms with E-state index < -0.39 is 0 Å². The Morgan fingerprint density at radius 3 is 2.83 bits per heavy atom. The van der Waals surface area contributed by atoms with Crippen LogP contribution < -0.4 is 10.1 Å². The van der Waals surface area contributed by atoms with Crippen molar-refractivity contribution in [2.75, 3.05) is 25.6 Å². The topological polar surface area (TPSA) is 43.4 Å². The van der Waals surface area contributed by atoms with Gasteiger partial charge in [-0.1, -0.05) is 13.3 Å². The average molecular weight is 250 g/mol. The first-order valence-corrected chi connectivity index (χ1v) is 6.64. The lowest BCUT2D eigenvalue weighted by Crippen LogP contribution is -2.21. The maximum atomic E-state index is 5.43. The maximum Gasteiger partial charge on any atom is 0.213 e. The number of ether oxygens (including phenoxy) is 2. The van der Waals surface area contributed by atoms with Gasteiger partial charge in [-0.25, -0.2) is 4.98 Å². The van der Waals surface area contributed by atoms with Gasteiger partial charge in [0.2, 0.25) is 5.88 Å². The predicted molar refractivity (Wildman–Crippen MR) is 72.0 cm³/mol. The first-order chi connectivity index (χ1) is 8.79. The largest absolute Gasteiger partial charge is 0.475 e. The average Bonchev–Trinajstić information content (AvgIpc) is 2.78. The number of anilines is 1. The first kappa shape index (κ1) is 13.1. The molecule has 1 fully saturated rings. The van der Waals surface area contributed by atoms with Gasteiger partial charge in [0.25, 0.3) is 0 Å². The van der Waals surface area contributed by atoms with Crippen molar-refractivity contribution in [3.8, 4) is 5.88 Å². The molecular weight excluding hydrogens is 228 g/mol. The summed E-state index contributed by atoms with van der Waals surface area (Å²) < 4.78 is 10.4. The van der Waals surface area contributed by atoms with Crippen LogP contribution in [0.25, 0.3) is 0 Å². The van der Waals surface area contributed by atoms with Crippen molar-refractivity contribution >= 4 is 5.69 Å². The molecule has 0 amide bonds. The Labute approximate surface area is 109 Å². The number of nitrogens with one attached hydrogen (secondary N) is 1. The van der Waals surface area contributed by atoms with Crippen LogP contribution in [-0.4, -0.2) is 31.3 Å². The van der Waals surface area contributed by atoms with Crippen LogP contribution >= 0.6 is 0 Å². The highest BCUT2D eigenvalue weighted by molar-refractivity contribution is 5.43. The molecule has 2 rings (SSSR count). The van der Waals surface area contributed by atoms with Crippen LogP contribution in [0.4, 0.5) is 5.69 Å². The molecule has 1 saturated carbocycles. The van der Waals surface area contributed by atoms with Crippen molar-refractivity contribution in [3.05, 3.63) is 18.3 Å². The summed E-state index contributed by atoms with van der Waals surface area (Å²) in [7, 11) is 1.66. The number of rotatable bonds is 6. The molecule has 1 N–H and O–H groups in total. The Morgan fingerprint density at radius 2 is 2.22 bits per heavy atom. The Morgan fingerprint density at radius 1 is 1.33 bits per heavy atom. The number of hydrogen-bond acceptors (Lipinski definition) is 4. The Bertz CT molecular complexity index is 353. The van der Waals surface area contributed by atoms with Gasteiger partial charge in [0.05, 0.1) is 18.5 Å². The number of nitrogens with zero attached hydrogens (tertiary/aromatic N) is 1. The normalized spacial score (nSPS) is 23.0. The van der Waals surface area contributed by atoms with E-state index in [-0.39, 0.29) is 0 Å². The second-order valence-electron chi connectivity index (χ2n) is 4.89. The summed E-state index contributed by atoms with van der Waals surface area (Å²) in [6, 6.07) is 4.52. The van der Waals surface area contributed by atoms with Gasteiger partial charge in [0.15, 0.2) is 0 Å². The molecule has 1 aromatic heterocycles. The minimum atomic E-state index is 0.538. The zero-order valence-corrected chi connectivity index (χ0v) is 11.2. The molecular formula is C14H22N2O2. The van der Waals surface area contributed by atoms with Gasteiger partial charge in [-0.3, -0.25) is 0 Å². The highest BCUT2D eigenvalue weighted by Crippen LogP contribution is 2.27. The van der Waals surface area contributed by atoms with E-state index in [0.29, 0.717) is 25.1 Å². The highest BCUT2D eigenvalue weighted by atomic mass is 16.5. The first-order valence-electron chi connectivity index (χ1n) is 6.64. The van der Waals surface area contributed by atoms with Crippen LogP contribution in [0, 0.1) is 5.92 Å². The van der Waals surface area contributed by atoms with E-state index in [1.165, 1.54) is 19.3 Å². The molecule has 0 radical (unpaired) electrons. The van der Waals surface area contributed by atoms with Crippen LogP contribution in [0.15, 0.2) is 18.3 Å². The number of aromatic nitrogens is 1. The van der Waals surface area contributed by atoms with Crippen LogP contribution in [0.1, 0.15) is 26.2 Å². The quantitative estimate of drug-likeness (QED) is 0.788. The maximum absolute atomic E-state index is 5.43. The van der Waals surface area contributed by atoms with Crippen LogP contribution in [0.5, 0.6) is 5.88 Å². The summed E-state index contributed by atoms with van der Waals surface area (Å²) in [5.74, 6) is 1.40. The summed E-state index contributed by atoms with van der Waals surface area (Å²) in [6.45, 7) is 3.43. The molecule has 0 spiro atoms. The molecule has 2 unspecified atom stereocenters. The molecule has 0 aliphatic heterocycles. The third kappa shape index (κ3) is 3.60. The van der Waals surface area contributed by atoms with E-state index in [2.05, 4.69) is 17.2 Å². The lowest BCUT2D eigenvalue weighted by molar-refractivity contribution is 0.144. The fourth-order valence-electron chi connectivity index (χ4n) is 2.35. The molecule has 1 aliphatic carbocycles. The Balaban J connectivity index is 1.83. The lowest BCUT2D eigenvalue weighted by Gasteiger charge is -2.18. The zero-order valence-electron chi connectivity index (χ0n) is 11.2. The number of pyridine rings is 1. The zero-order chi connectivity index (χ0) is 12.8. The molecule has 1 aliphatic rings. The molecule has 0 bridgehead atoms. The molecule has 0 saturated heterocycles. The van der Waals surface area contributed by atoms with Crippen molar-refractivity contribution in [1.82, 2.24) is 4.98 Å². The lowest BCUT2D eigenvalue weighted by atomic mass is 10.1. The summed E-state index contributed by atoms with van der Waals surface area (Å²) in [5.41, 5.74) is 1.08. The van der Waals surface area contributed by atoms with Crippen LogP contribution in [0.3, 0.4) is 0 Å². The van der Waals surface area contributed by atoms with Gasteiger partial charge in [0.1, 0.15) is 6.61 Å². The molecule has 18 heavy (non-hydrogen) atoms. The summed E-state index contributed by atoms with van der Waals surface area (Å²) >= 11 is 0. The van der Waals surface area contributed by atoms with E-state index in [4.69, 9.17) is 9.47 Å². The van der Waals surface area contributed by atoms with E-state index in [9.17, 15) is 0 Å². The molecule has 1 aromatic rings. The SMILES string of the molecule is COCCOc1ccc(NC2CCCC2C)cn1. The smallest absolute Gasteiger partial charge is 0.213 e. The fraction of sp³-hybridized carbons (Fsp3) is 0.643. The van der Waals surface area contributed by atoms with E-state index in [0.717, 1.165) is 11.6 Å². The predicted octanol–water partition coefficient (Wildman–Crippen LogP) is 2.71. The molecule has 0 aromatic carbocycles. The molecule has 100 valence electrons. The minimum absolute atomic E-state index is 0.538. The van der Waals surface area contributed by atoms with Crippen molar-refractivity contribution in [1.29, 1.82) is 0 Å². The van der Waals surface area contributed by atoms with Crippen LogP contribution in [-0.2, 0) is 4.74 Å². The molecule has 1 heterocycles. The minimum Gasteiger partial charge on any atom is -0.475 e. The summed E-state index contributed by atoms with van der Waals surface area (Å²) in [6.07, 6.45) is 5.74. The van der Waals surface area contributed by atoms with Crippen molar-refractivity contribution in [2.45, 2.75) is 32.2 Å². The second-order valence-corrected chi connectivity index (χ2v) is 4.89. The monoisotopic (exact) mass is 250 g/mol. The van der Waals surface area contributed by atoms with E-state index in [1.54, 1.807) is 7.11 Å². The second kappa shape index (κ2) is 6.59. The highest BCUT2D eigenvalue weighted by Gasteiger charge is 2.22. The van der Waals surface area contributed by atoms with Crippen molar-refractivity contribution in [3.63, 3.8) is 0 Å². The van der Waals surface area contributed by atoms with Crippen LogP contribution in [0.2, 0.25) is 0 Å². The summed E-state index contributed by atoms with van der Waals surface area (Å²) in [4.78, 5) is 4.28. The van der Waals surface area contributed by atoms with E-state index >= 15 is 0 Å². The fourth-order valence-corrected chi connectivity index (χ4v) is 2.35. The molecule has 2 atom stereocenters. The third-order valence-electron chi connectivity index (χ3n) is 3.49. The summed E-state index contributed by atoms with van der Waals surface area (Å²) in [5, 5.41) is 3.54. The van der Waals surface area contributed by atoms with Gasteiger partial charge in [-0.05, 0) is 24.8 Å². The van der Waals surface area contributed by atoms with Gasteiger partial charge in [-0.2, -0.15) is 0 Å². The molecule has 4 nitrogen and oxygen atoms in total. The van der Waals surface area contributed by atoms with Gasteiger partial charge in [0, 0.05) is 19.2 Å². The van der Waals surface area contributed by atoms with Gasteiger partial charge >= 0.3 is 0 Å². The standard InChI is InChI=1S/C14H22N2O2/c1-11-4-3-5-13(11)16-12-6-7-14(15-10-12)18-9-8-17-2/h6-7,10-11,13,16H,3-5,8-9H2,1-2H3.